The Bertz CT molecular complexity index is 405. The van der Waals surface area contributed by atoms with Gasteiger partial charge in [-0.1, -0.05) is 20.3 Å². The van der Waals surface area contributed by atoms with E-state index < -0.39 is 0 Å². The van der Waals surface area contributed by atoms with E-state index in [1.165, 1.54) is 42.0 Å². The Kier molecular flexibility index (Phi) is 6.46. The Morgan fingerprint density at radius 1 is 1.35 bits per heavy atom. The summed E-state index contributed by atoms with van der Waals surface area (Å²) in [4.78, 5) is 6.25. The minimum Gasteiger partial charge on any atom is -0.378 e. The molecule has 1 N–H and O–H groups in total. The van der Waals surface area contributed by atoms with Crippen molar-refractivity contribution < 1.29 is 4.74 Å². The molecule has 1 aromatic rings. The Morgan fingerprint density at radius 2 is 2.20 bits per heavy atom. The number of hydrogen-bond acceptors (Lipinski definition) is 4. The molecule has 0 amide bonds. The van der Waals surface area contributed by atoms with Crippen molar-refractivity contribution in [1.82, 2.24) is 10.3 Å². The average Bonchev–Trinajstić information content (AvgIpc) is 3.06. The molecule has 20 heavy (non-hydrogen) atoms. The molecule has 0 aromatic carbocycles. The molecular formula is C16H28N2OS. The maximum absolute atomic E-state index is 5.31. The van der Waals surface area contributed by atoms with E-state index in [0.29, 0.717) is 12.5 Å². The average molecular weight is 296 g/mol. The molecule has 1 aliphatic rings. The summed E-state index contributed by atoms with van der Waals surface area (Å²) in [6, 6.07) is 0. The summed E-state index contributed by atoms with van der Waals surface area (Å²) in [5.74, 6) is 1.61. The van der Waals surface area contributed by atoms with Gasteiger partial charge in [0.1, 0.15) is 0 Å². The normalized spacial score (nSPS) is 22.6. The van der Waals surface area contributed by atoms with Crippen LogP contribution in [-0.4, -0.2) is 18.6 Å². The van der Waals surface area contributed by atoms with Crippen molar-refractivity contribution in [3.05, 3.63) is 15.6 Å². The summed E-state index contributed by atoms with van der Waals surface area (Å²) in [6.07, 6.45) is 6.52. The number of rotatable bonds is 8. The highest BCUT2D eigenvalue weighted by Crippen LogP contribution is 2.41. The van der Waals surface area contributed by atoms with Gasteiger partial charge in [-0.05, 0) is 38.1 Å². The molecule has 0 saturated heterocycles. The Balaban J connectivity index is 2.04. The second-order valence-corrected chi connectivity index (χ2v) is 6.93. The van der Waals surface area contributed by atoms with Gasteiger partial charge in [-0.15, -0.1) is 11.3 Å². The fraction of sp³-hybridized carbons (Fsp3) is 0.812. The lowest BCUT2D eigenvalue weighted by atomic mass is 10.0. The Hall–Kier alpha value is -0.450. The van der Waals surface area contributed by atoms with Crippen molar-refractivity contribution in [2.24, 2.45) is 5.92 Å². The molecular weight excluding hydrogens is 268 g/mol. The molecule has 3 nitrogen and oxygen atoms in total. The summed E-state index contributed by atoms with van der Waals surface area (Å²) in [7, 11) is 1.75. The molecule has 2 atom stereocenters. The van der Waals surface area contributed by atoms with Gasteiger partial charge in [0, 0.05) is 24.4 Å². The van der Waals surface area contributed by atoms with Crippen LogP contribution in [0, 0.1) is 5.92 Å². The van der Waals surface area contributed by atoms with Crippen LogP contribution in [0.5, 0.6) is 0 Å². The SMILES string of the molecule is CCCNCc1sc(C2CCC(CC)C2)nc1COC. The number of hydrogen-bond donors (Lipinski definition) is 1. The summed E-state index contributed by atoms with van der Waals surface area (Å²) in [6.45, 7) is 7.16. The van der Waals surface area contributed by atoms with E-state index in [1.807, 2.05) is 11.3 Å². The molecule has 1 saturated carbocycles. The molecule has 1 aromatic heterocycles. The van der Waals surface area contributed by atoms with Crippen LogP contribution in [0.25, 0.3) is 0 Å². The first kappa shape index (κ1) is 15.9. The van der Waals surface area contributed by atoms with Gasteiger partial charge >= 0.3 is 0 Å². The molecule has 1 heterocycles. The summed E-state index contributed by atoms with van der Waals surface area (Å²) < 4.78 is 5.31. The van der Waals surface area contributed by atoms with Crippen LogP contribution in [0.2, 0.25) is 0 Å². The first-order valence-electron chi connectivity index (χ1n) is 7.96. The third-order valence-corrected chi connectivity index (χ3v) is 5.52. The van der Waals surface area contributed by atoms with Gasteiger partial charge in [0.25, 0.3) is 0 Å². The topological polar surface area (TPSA) is 34.2 Å². The van der Waals surface area contributed by atoms with E-state index in [0.717, 1.165) is 24.7 Å². The number of aromatic nitrogens is 1. The van der Waals surface area contributed by atoms with Gasteiger partial charge in [0.2, 0.25) is 0 Å². The number of thiazole rings is 1. The van der Waals surface area contributed by atoms with Gasteiger partial charge in [0.15, 0.2) is 0 Å². The fourth-order valence-electron chi connectivity index (χ4n) is 3.01. The van der Waals surface area contributed by atoms with Gasteiger partial charge in [0.05, 0.1) is 17.3 Å². The van der Waals surface area contributed by atoms with E-state index in [2.05, 4.69) is 19.2 Å². The molecule has 4 heteroatoms. The summed E-state index contributed by atoms with van der Waals surface area (Å²) in [5.41, 5.74) is 1.15. The van der Waals surface area contributed by atoms with Crippen LogP contribution in [-0.2, 0) is 17.9 Å². The molecule has 0 bridgehead atoms. The minimum atomic E-state index is 0.642. The van der Waals surface area contributed by atoms with Crippen LogP contribution in [0.3, 0.4) is 0 Å². The maximum atomic E-state index is 5.31. The molecule has 0 radical (unpaired) electrons. The number of nitrogens with zero attached hydrogens (tertiary/aromatic N) is 1. The monoisotopic (exact) mass is 296 g/mol. The number of methoxy groups -OCH3 is 1. The Morgan fingerprint density at radius 3 is 2.85 bits per heavy atom. The number of ether oxygens (including phenoxy) is 1. The van der Waals surface area contributed by atoms with E-state index in [-0.39, 0.29) is 0 Å². The highest BCUT2D eigenvalue weighted by Gasteiger charge is 2.27. The standard InChI is InChI=1S/C16H28N2OS/c1-4-8-17-10-15-14(11-19-3)18-16(20-15)13-7-6-12(5-2)9-13/h12-13,17H,4-11H2,1-3H3. The predicted octanol–water partition coefficient (Wildman–Crippen LogP) is 4.08. The van der Waals surface area contributed by atoms with Crippen LogP contribution >= 0.6 is 11.3 Å². The number of nitrogens with one attached hydrogen (secondary N) is 1. The molecule has 114 valence electrons. The first-order valence-corrected chi connectivity index (χ1v) is 8.78. The third-order valence-electron chi connectivity index (χ3n) is 4.26. The molecule has 2 rings (SSSR count). The zero-order chi connectivity index (χ0) is 14.4. The molecule has 1 aliphatic carbocycles. The summed E-state index contributed by atoms with van der Waals surface area (Å²) >= 11 is 1.91. The van der Waals surface area contributed by atoms with Crippen LogP contribution in [0.4, 0.5) is 0 Å². The van der Waals surface area contributed by atoms with Gasteiger partial charge in [-0.3, -0.25) is 0 Å². The quantitative estimate of drug-likeness (QED) is 0.734. The van der Waals surface area contributed by atoms with E-state index in [1.54, 1.807) is 7.11 Å². The smallest absolute Gasteiger partial charge is 0.0963 e. The minimum absolute atomic E-state index is 0.642. The second kappa shape index (κ2) is 8.11. The van der Waals surface area contributed by atoms with Gasteiger partial charge in [-0.2, -0.15) is 0 Å². The lowest BCUT2D eigenvalue weighted by Crippen LogP contribution is -2.14. The van der Waals surface area contributed by atoms with Gasteiger partial charge in [-0.25, -0.2) is 4.98 Å². The second-order valence-electron chi connectivity index (χ2n) is 5.82. The predicted molar refractivity (Wildman–Crippen MR) is 85.2 cm³/mol. The van der Waals surface area contributed by atoms with Crippen molar-refractivity contribution >= 4 is 11.3 Å². The third kappa shape index (κ3) is 4.03. The van der Waals surface area contributed by atoms with Crippen LogP contribution in [0.1, 0.15) is 67.4 Å². The largest absolute Gasteiger partial charge is 0.378 e. The van der Waals surface area contributed by atoms with Crippen molar-refractivity contribution in [3.8, 4) is 0 Å². The van der Waals surface area contributed by atoms with Crippen molar-refractivity contribution in [2.45, 2.75) is 65.0 Å². The molecule has 1 fully saturated rings. The van der Waals surface area contributed by atoms with E-state index in [9.17, 15) is 0 Å². The fourth-order valence-corrected chi connectivity index (χ4v) is 4.20. The summed E-state index contributed by atoms with van der Waals surface area (Å²) in [5, 5.41) is 4.84. The van der Waals surface area contributed by atoms with Crippen molar-refractivity contribution in [3.63, 3.8) is 0 Å². The zero-order valence-electron chi connectivity index (χ0n) is 13.1. The maximum Gasteiger partial charge on any atom is 0.0963 e. The van der Waals surface area contributed by atoms with Gasteiger partial charge < -0.3 is 10.1 Å². The molecule has 0 aliphatic heterocycles. The van der Waals surface area contributed by atoms with E-state index in [4.69, 9.17) is 9.72 Å². The van der Waals surface area contributed by atoms with Crippen molar-refractivity contribution in [2.75, 3.05) is 13.7 Å². The van der Waals surface area contributed by atoms with Crippen LogP contribution in [0.15, 0.2) is 0 Å². The lowest BCUT2D eigenvalue weighted by Gasteiger charge is -2.06. The van der Waals surface area contributed by atoms with Crippen LogP contribution < -0.4 is 5.32 Å². The van der Waals surface area contributed by atoms with Crippen molar-refractivity contribution in [1.29, 1.82) is 0 Å². The highest BCUT2D eigenvalue weighted by atomic mass is 32.1. The first-order chi connectivity index (χ1) is 9.78. The Labute approximate surface area is 127 Å². The van der Waals surface area contributed by atoms with E-state index >= 15 is 0 Å². The lowest BCUT2D eigenvalue weighted by molar-refractivity contribution is 0.181. The highest BCUT2D eigenvalue weighted by molar-refractivity contribution is 7.11. The zero-order valence-corrected chi connectivity index (χ0v) is 13.9. The molecule has 0 spiro atoms. The molecule has 2 unspecified atom stereocenters.